The number of rotatable bonds is 6. The van der Waals surface area contributed by atoms with Gasteiger partial charge >= 0.3 is 0 Å². The molecule has 0 spiro atoms. The average molecular weight is 256 g/mol. The van der Waals surface area contributed by atoms with Crippen LogP contribution in [0.25, 0.3) is 0 Å². The molecule has 0 unspecified atom stereocenters. The second kappa shape index (κ2) is 6.55. The monoisotopic (exact) mass is 256 g/mol. The normalized spacial score (nSPS) is 21.7. The Morgan fingerprint density at radius 1 is 1.44 bits per heavy atom. The predicted molar refractivity (Wildman–Crippen MR) is 66.0 cm³/mol. The Morgan fingerprint density at radius 2 is 2.17 bits per heavy atom. The number of morpholine rings is 1. The van der Waals surface area contributed by atoms with Crippen LogP contribution in [0.4, 0.5) is 0 Å². The molecule has 0 bridgehead atoms. The summed E-state index contributed by atoms with van der Waals surface area (Å²) in [6.07, 6.45) is 2.13. The molecular formula is C11H20N4O3. The molecule has 1 aliphatic heterocycles. The fourth-order valence-electron chi connectivity index (χ4n) is 1.69. The average Bonchev–Trinajstić information content (AvgIpc) is 3.14. The summed E-state index contributed by atoms with van der Waals surface area (Å²) in [7, 11) is 0. The van der Waals surface area contributed by atoms with Crippen molar-refractivity contribution in [1.29, 1.82) is 0 Å². The Balaban J connectivity index is 1.59. The second-order valence-electron chi connectivity index (χ2n) is 4.59. The van der Waals surface area contributed by atoms with Gasteiger partial charge in [-0.1, -0.05) is 5.16 Å². The van der Waals surface area contributed by atoms with Crippen LogP contribution in [0.1, 0.15) is 12.8 Å². The number of carbonyl (C=O) groups is 1. The summed E-state index contributed by atoms with van der Waals surface area (Å²) < 4.78 is 5.23. The van der Waals surface area contributed by atoms with Crippen LogP contribution >= 0.6 is 0 Å². The summed E-state index contributed by atoms with van der Waals surface area (Å²) in [5.74, 6) is 0.247. The van der Waals surface area contributed by atoms with E-state index in [9.17, 15) is 4.79 Å². The Bertz CT molecular complexity index is 311. The van der Waals surface area contributed by atoms with E-state index in [4.69, 9.17) is 15.3 Å². The van der Waals surface area contributed by atoms with Gasteiger partial charge in [0.15, 0.2) is 12.4 Å². The minimum Gasteiger partial charge on any atom is -0.384 e. The molecule has 1 amide bonds. The zero-order chi connectivity index (χ0) is 12.8. The van der Waals surface area contributed by atoms with E-state index in [0.29, 0.717) is 18.4 Å². The van der Waals surface area contributed by atoms with Gasteiger partial charge < -0.3 is 20.6 Å². The third-order valence-electron chi connectivity index (χ3n) is 2.81. The maximum atomic E-state index is 11.3. The summed E-state index contributed by atoms with van der Waals surface area (Å²) in [6.45, 7) is 3.61. The van der Waals surface area contributed by atoms with E-state index >= 15 is 0 Å². The van der Waals surface area contributed by atoms with Crippen molar-refractivity contribution < 1.29 is 14.4 Å². The van der Waals surface area contributed by atoms with Crippen LogP contribution in [0.5, 0.6) is 0 Å². The van der Waals surface area contributed by atoms with Crippen molar-refractivity contribution in [3.05, 3.63) is 0 Å². The van der Waals surface area contributed by atoms with E-state index in [1.807, 2.05) is 0 Å². The van der Waals surface area contributed by atoms with Gasteiger partial charge in [0, 0.05) is 19.1 Å². The van der Waals surface area contributed by atoms with E-state index < -0.39 is 0 Å². The first kappa shape index (κ1) is 13.1. The number of amides is 1. The summed E-state index contributed by atoms with van der Waals surface area (Å²) in [6, 6.07) is 0.343. The van der Waals surface area contributed by atoms with Crippen molar-refractivity contribution in [1.82, 2.24) is 10.2 Å². The van der Waals surface area contributed by atoms with Crippen LogP contribution in [-0.2, 0) is 14.4 Å². The van der Waals surface area contributed by atoms with Gasteiger partial charge in [0.05, 0.1) is 19.8 Å². The number of carbonyl (C=O) groups excluding carboxylic acids is 1. The van der Waals surface area contributed by atoms with Crippen molar-refractivity contribution in [3.63, 3.8) is 0 Å². The highest BCUT2D eigenvalue weighted by molar-refractivity contribution is 5.82. The molecule has 102 valence electrons. The molecule has 2 rings (SSSR count). The maximum absolute atomic E-state index is 11.3. The van der Waals surface area contributed by atoms with Crippen LogP contribution < -0.4 is 11.1 Å². The molecule has 7 nitrogen and oxygen atoms in total. The van der Waals surface area contributed by atoms with Crippen LogP contribution in [0, 0.1) is 0 Å². The molecule has 0 aromatic heterocycles. The number of nitrogens with one attached hydrogen (secondary N) is 1. The summed E-state index contributed by atoms with van der Waals surface area (Å²) in [5, 5.41) is 6.55. The number of oxime groups is 1. The zero-order valence-corrected chi connectivity index (χ0v) is 10.4. The first-order valence-corrected chi connectivity index (χ1v) is 6.28. The highest BCUT2D eigenvalue weighted by Crippen LogP contribution is 2.18. The lowest BCUT2D eigenvalue weighted by Crippen LogP contribution is -2.41. The predicted octanol–water partition coefficient (Wildman–Crippen LogP) is -1.11. The van der Waals surface area contributed by atoms with Crippen LogP contribution in [0.3, 0.4) is 0 Å². The van der Waals surface area contributed by atoms with Gasteiger partial charge in [0.25, 0.3) is 5.91 Å². The molecule has 18 heavy (non-hydrogen) atoms. The summed E-state index contributed by atoms with van der Waals surface area (Å²) in [5.41, 5.74) is 5.72. The van der Waals surface area contributed by atoms with E-state index in [-0.39, 0.29) is 12.5 Å². The van der Waals surface area contributed by atoms with Gasteiger partial charge in [-0.05, 0) is 12.8 Å². The van der Waals surface area contributed by atoms with Gasteiger partial charge in [-0.25, -0.2) is 0 Å². The molecule has 1 aliphatic carbocycles. The molecule has 0 radical (unpaired) electrons. The zero-order valence-electron chi connectivity index (χ0n) is 10.4. The van der Waals surface area contributed by atoms with Crippen molar-refractivity contribution in [2.75, 3.05) is 39.5 Å². The van der Waals surface area contributed by atoms with Crippen LogP contribution in [0.15, 0.2) is 5.16 Å². The Morgan fingerprint density at radius 3 is 2.83 bits per heavy atom. The van der Waals surface area contributed by atoms with Gasteiger partial charge in [0.1, 0.15) is 0 Å². The number of nitrogens with two attached hydrogens (primary N) is 1. The molecule has 3 N–H and O–H groups in total. The number of hydrogen-bond acceptors (Lipinski definition) is 5. The third kappa shape index (κ3) is 4.89. The molecule has 0 aromatic carbocycles. The molecule has 1 heterocycles. The van der Waals surface area contributed by atoms with Crippen LogP contribution in [0.2, 0.25) is 0 Å². The van der Waals surface area contributed by atoms with Gasteiger partial charge in [-0.2, -0.15) is 0 Å². The van der Waals surface area contributed by atoms with E-state index in [2.05, 4.69) is 15.4 Å². The van der Waals surface area contributed by atoms with Gasteiger partial charge in [-0.3, -0.25) is 9.69 Å². The number of nitrogens with zero attached hydrogens (tertiary/aromatic N) is 2. The third-order valence-corrected chi connectivity index (χ3v) is 2.81. The van der Waals surface area contributed by atoms with Crippen molar-refractivity contribution in [2.24, 2.45) is 10.9 Å². The molecule has 7 heteroatoms. The fourth-order valence-corrected chi connectivity index (χ4v) is 1.69. The molecule has 2 aliphatic rings. The Kier molecular flexibility index (Phi) is 4.77. The van der Waals surface area contributed by atoms with Crippen LogP contribution in [-0.4, -0.2) is 62.1 Å². The molecule has 1 saturated carbocycles. The minimum absolute atomic E-state index is 0.0691. The second-order valence-corrected chi connectivity index (χ2v) is 4.59. The Labute approximate surface area is 106 Å². The highest BCUT2D eigenvalue weighted by Gasteiger charge is 2.23. The lowest BCUT2D eigenvalue weighted by Gasteiger charge is -2.25. The van der Waals surface area contributed by atoms with E-state index in [0.717, 1.165) is 39.1 Å². The molecule has 2 fully saturated rings. The summed E-state index contributed by atoms with van der Waals surface area (Å²) >= 11 is 0. The topological polar surface area (TPSA) is 89.2 Å². The fraction of sp³-hybridized carbons (Fsp3) is 0.818. The lowest BCUT2D eigenvalue weighted by molar-refractivity contribution is -0.125. The minimum atomic E-state index is -0.138. The molecular weight excluding hydrogens is 236 g/mol. The molecule has 0 aromatic rings. The SMILES string of the molecule is N/C(CN1CCOCC1)=N\OCC(=O)NC1CC1. The first-order chi connectivity index (χ1) is 8.74. The highest BCUT2D eigenvalue weighted by atomic mass is 16.6. The number of hydrogen-bond donors (Lipinski definition) is 2. The smallest absolute Gasteiger partial charge is 0.260 e. The molecule has 0 atom stereocenters. The van der Waals surface area contributed by atoms with E-state index in [1.165, 1.54) is 0 Å². The Hall–Kier alpha value is -1.34. The van der Waals surface area contributed by atoms with Gasteiger partial charge in [-0.15, -0.1) is 0 Å². The van der Waals surface area contributed by atoms with E-state index in [1.54, 1.807) is 0 Å². The van der Waals surface area contributed by atoms with Crippen molar-refractivity contribution >= 4 is 11.7 Å². The first-order valence-electron chi connectivity index (χ1n) is 6.28. The summed E-state index contributed by atoms with van der Waals surface area (Å²) in [4.78, 5) is 18.3. The van der Waals surface area contributed by atoms with Gasteiger partial charge in [0.2, 0.25) is 0 Å². The number of ether oxygens (including phenoxy) is 1. The standard InChI is InChI=1S/C11H20N4O3/c12-10(7-15-3-5-17-6-4-15)14-18-8-11(16)13-9-1-2-9/h9H,1-8H2,(H2,12,14)(H,13,16). The quantitative estimate of drug-likeness (QED) is 0.357. The molecule has 1 saturated heterocycles. The maximum Gasteiger partial charge on any atom is 0.260 e. The largest absolute Gasteiger partial charge is 0.384 e. The van der Waals surface area contributed by atoms with Crippen molar-refractivity contribution in [2.45, 2.75) is 18.9 Å². The lowest BCUT2D eigenvalue weighted by atomic mass is 10.4. The van der Waals surface area contributed by atoms with Crippen molar-refractivity contribution in [3.8, 4) is 0 Å². The number of amidine groups is 1.